The van der Waals surface area contributed by atoms with Gasteiger partial charge in [0.05, 0.1) is 11.1 Å². The van der Waals surface area contributed by atoms with Crippen LogP contribution in [0.25, 0.3) is 10.8 Å². The highest BCUT2D eigenvalue weighted by Crippen LogP contribution is 2.22. The van der Waals surface area contributed by atoms with E-state index in [0.717, 1.165) is 6.07 Å². The smallest absolute Gasteiger partial charge is 0.356 e. The standard InChI is InChI=1S/C12H8O4.C5H4N2O4/c13-11(14)9-6-5-7-3-1-2-4-8(7)10(9)12(15)16;8-4(9)2-1-3(5(10)11)7-6-2/h1-6H,(H,13,14)(H,15,16);1H,(H,6,7)(H,8,9)(H,10,11). The molecule has 0 radical (unpaired) electrons. The molecule has 0 fully saturated rings. The van der Waals surface area contributed by atoms with Crippen LogP contribution < -0.4 is 0 Å². The molecule has 2 aromatic carbocycles. The van der Waals surface area contributed by atoms with Crippen molar-refractivity contribution in [1.82, 2.24) is 10.2 Å². The van der Waals surface area contributed by atoms with E-state index in [0.29, 0.717) is 10.8 Å². The summed E-state index contributed by atoms with van der Waals surface area (Å²) >= 11 is 0. The van der Waals surface area contributed by atoms with E-state index in [1.165, 1.54) is 6.07 Å². The lowest BCUT2D eigenvalue weighted by Crippen LogP contribution is -2.08. The van der Waals surface area contributed by atoms with Crippen molar-refractivity contribution in [2.75, 3.05) is 0 Å². The molecule has 0 saturated heterocycles. The number of aromatic carboxylic acids is 4. The number of fused-ring (bicyclic) bond motifs is 1. The molecule has 0 aliphatic carbocycles. The van der Waals surface area contributed by atoms with E-state index in [1.807, 2.05) is 0 Å². The van der Waals surface area contributed by atoms with Crippen LogP contribution >= 0.6 is 0 Å². The molecule has 10 nitrogen and oxygen atoms in total. The van der Waals surface area contributed by atoms with Crippen LogP contribution in [-0.2, 0) is 0 Å². The van der Waals surface area contributed by atoms with Crippen molar-refractivity contribution < 1.29 is 39.6 Å². The Bertz CT molecular complexity index is 1030. The third kappa shape index (κ3) is 4.25. The van der Waals surface area contributed by atoms with Crippen LogP contribution in [0, 0.1) is 0 Å². The van der Waals surface area contributed by atoms with Crippen LogP contribution in [-0.4, -0.2) is 54.5 Å². The number of rotatable bonds is 4. The molecular formula is C17H12N2O8. The van der Waals surface area contributed by atoms with Crippen molar-refractivity contribution in [3.63, 3.8) is 0 Å². The molecule has 1 heterocycles. The molecule has 27 heavy (non-hydrogen) atoms. The Labute approximate surface area is 150 Å². The van der Waals surface area contributed by atoms with Crippen molar-refractivity contribution in [3.05, 3.63) is 65.0 Å². The average molecular weight is 372 g/mol. The molecule has 0 unspecified atom stereocenters. The fraction of sp³-hybridized carbons (Fsp3) is 0. The fourth-order valence-electron chi connectivity index (χ4n) is 2.22. The quantitative estimate of drug-likeness (QED) is 0.458. The van der Waals surface area contributed by atoms with Gasteiger partial charge in [0.15, 0.2) is 5.69 Å². The zero-order valence-electron chi connectivity index (χ0n) is 13.4. The van der Waals surface area contributed by atoms with Gasteiger partial charge in [-0.3, -0.25) is 5.10 Å². The van der Waals surface area contributed by atoms with Gasteiger partial charge >= 0.3 is 23.9 Å². The second-order valence-corrected chi connectivity index (χ2v) is 5.10. The maximum Gasteiger partial charge on any atom is 0.356 e. The zero-order valence-corrected chi connectivity index (χ0v) is 13.4. The molecular weight excluding hydrogens is 360 g/mol. The number of carbonyl (C=O) groups is 4. The number of hydrogen-bond donors (Lipinski definition) is 5. The fourth-order valence-corrected chi connectivity index (χ4v) is 2.22. The van der Waals surface area contributed by atoms with Crippen LogP contribution in [0.1, 0.15) is 41.7 Å². The Morgan fingerprint density at radius 1 is 0.778 bits per heavy atom. The summed E-state index contributed by atoms with van der Waals surface area (Å²) in [6.45, 7) is 0. The molecule has 0 spiro atoms. The summed E-state index contributed by atoms with van der Waals surface area (Å²) in [5.41, 5.74) is -0.887. The van der Waals surface area contributed by atoms with Gasteiger partial charge in [0.1, 0.15) is 5.69 Å². The maximum absolute atomic E-state index is 11.1. The first-order valence-corrected chi connectivity index (χ1v) is 7.22. The van der Waals surface area contributed by atoms with Gasteiger partial charge in [-0.2, -0.15) is 5.10 Å². The molecule has 5 N–H and O–H groups in total. The number of aromatic amines is 1. The van der Waals surface area contributed by atoms with Gasteiger partial charge < -0.3 is 20.4 Å². The lowest BCUT2D eigenvalue weighted by molar-refractivity contribution is 0.0653. The molecule has 0 aliphatic rings. The summed E-state index contributed by atoms with van der Waals surface area (Å²) in [6.07, 6.45) is 0. The summed E-state index contributed by atoms with van der Waals surface area (Å²) in [5, 5.41) is 41.0. The summed E-state index contributed by atoms with van der Waals surface area (Å²) in [7, 11) is 0. The lowest BCUT2D eigenvalue weighted by atomic mass is 9.99. The number of aromatic nitrogens is 2. The monoisotopic (exact) mass is 372 g/mol. The van der Waals surface area contributed by atoms with Crippen LogP contribution in [0.15, 0.2) is 42.5 Å². The Morgan fingerprint density at radius 2 is 1.44 bits per heavy atom. The van der Waals surface area contributed by atoms with E-state index in [1.54, 1.807) is 30.3 Å². The van der Waals surface area contributed by atoms with Crippen molar-refractivity contribution >= 4 is 34.6 Å². The van der Waals surface area contributed by atoms with Gasteiger partial charge in [-0.25, -0.2) is 19.2 Å². The highest BCUT2D eigenvalue weighted by atomic mass is 16.4. The van der Waals surface area contributed by atoms with Crippen molar-refractivity contribution in [2.45, 2.75) is 0 Å². The number of H-pyrrole nitrogens is 1. The summed E-state index contributed by atoms with van der Waals surface area (Å²) in [5.74, 6) is -4.95. The topological polar surface area (TPSA) is 178 Å². The first-order chi connectivity index (χ1) is 12.7. The molecule has 0 saturated carbocycles. The van der Waals surface area contributed by atoms with E-state index in [4.69, 9.17) is 20.4 Å². The van der Waals surface area contributed by atoms with Gasteiger partial charge in [0.2, 0.25) is 0 Å². The highest BCUT2D eigenvalue weighted by molar-refractivity contribution is 6.11. The second-order valence-electron chi connectivity index (χ2n) is 5.10. The number of carboxylic acids is 4. The minimum atomic E-state index is -1.26. The molecule has 10 heteroatoms. The second kappa shape index (κ2) is 7.78. The Kier molecular flexibility index (Phi) is 5.51. The van der Waals surface area contributed by atoms with Gasteiger partial charge in [-0.1, -0.05) is 30.3 Å². The van der Waals surface area contributed by atoms with Crippen LogP contribution in [0.5, 0.6) is 0 Å². The largest absolute Gasteiger partial charge is 0.478 e. The first kappa shape index (κ1) is 19.1. The van der Waals surface area contributed by atoms with Gasteiger partial charge in [-0.15, -0.1) is 0 Å². The molecule has 3 aromatic rings. The van der Waals surface area contributed by atoms with Gasteiger partial charge in [0.25, 0.3) is 0 Å². The highest BCUT2D eigenvalue weighted by Gasteiger charge is 2.18. The van der Waals surface area contributed by atoms with Crippen LogP contribution in [0.4, 0.5) is 0 Å². The first-order valence-electron chi connectivity index (χ1n) is 7.22. The van der Waals surface area contributed by atoms with Crippen molar-refractivity contribution in [3.8, 4) is 0 Å². The van der Waals surface area contributed by atoms with E-state index in [9.17, 15) is 19.2 Å². The molecule has 138 valence electrons. The third-order valence-electron chi connectivity index (χ3n) is 3.40. The average Bonchev–Trinajstić information content (AvgIpc) is 3.11. The van der Waals surface area contributed by atoms with E-state index in [2.05, 4.69) is 10.2 Å². The van der Waals surface area contributed by atoms with Gasteiger partial charge in [-0.05, 0) is 16.8 Å². The SMILES string of the molecule is O=C(O)c1cc(C(=O)O)[nH]n1.O=C(O)c1ccc2ccccc2c1C(=O)O. The van der Waals surface area contributed by atoms with Crippen LogP contribution in [0.2, 0.25) is 0 Å². The van der Waals surface area contributed by atoms with Crippen molar-refractivity contribution in [2.24, 2.45) is 0 Å². The minimum absolute atomic E-state index is 0.161. The number of nitrogens with one attached hydrogen (secondary N) is 1. The predicted octanol–water partition coefficient (Wildman–Crippen LogP) is 2.04. The van der Waals surface area contributed by atoms with E-state index < -0.39 is 23.9 Å². The zero-order chi connectivity index (χ0) is 20.1. The number of nitrogens with zero attached hydrogens (tertiary/aromatic N) is 1. The van der Waals surface area contributed by atoms with Crippen LogP contribution in [0.3, 0.4) is 0 Å². The Hall–Kier alpha value is -4.21. The molecule has 0 atom stereocenters. The summed E-state index contributed by atoms with van der Waals surface area (Å²) < 4.78 is 0. The summed E-state index contributed by atoms with van der Waals surface area (Å²) in [6, 6.07) is 10.7. The van der Waals surface area contributed by atoms with Gasteiger partial charge in [0, 0.05) is 6.07 Å². The Balaban J connectivity index is 0.000000208. The predicted molar refractivity (Wildman–Crippen MR) is 90.4 cm³/mol. The molecule has 1 aromatic heterocycles. The van der Waals surface area contributed by atoms with Crippen molar-refractivity contribution in [1.29, 1.82) is 0 Å². The summed E-state index contributed by atoms with van der Waals surface area (Å²) in [4.78, 5) is 42.3. The number of carboxylic acid groups (broad SMARTS) is 4. The van der Waals surface area contributed by atoms with E-state index in [-0.39, 0.29) is 22.5 Å². The third-order valence-corrected chi connectivity index (χ3v) is 3.40. The Morgan fingerprint density at radius 3 is 1.93 bits per heavy atom. The normalized spacial score (nSPS) is 9.93. The maximum atomic E-state index is 11.1. The number of hydrogen-bond acceptors (Lipinski definition) is 5. The molecule has 0 amide bonds. The minimum Gasteiger partial charge on any atom is -0.478 e. The molecule has 3 rings (SSSR count). The number of benzene rings is 2. The lowest BCUT2D eigenvalue weighted by Gasteiger charge is -2.05. The van der Waals surface area contributed by atoms with E-state index >= 15 is 0 Å². The molecule has 0 bridgehead atoms. The molecule has 0 aliphatic heterocycles.